The number of carbonyl (C=O) groups excluding carboxylic acids is 1. The maximum absolute atomic E-state index is 14.5. The minimum atomic E-state index is -0.471. The average Bonchev–Trinajstić information content (AvgIpc) is 3.30. The molecule has 0 aliphatic carbocycles. The van der Waals surface area contributed by atoms with Crippen LogP contribution in [0.5, 0.6) is 11.5 Å². The Hall–Kier alpha value is -3.38. The van der Waals surface area contributed by atoms with Crippen LogP contribution < -0.4 is 9.47 Å². The lowest BCUT2D eigenvalue weighted by Gasteiger charge is -2.30. The number of hydrogen-bond acceptors (Lipinski definition) is 4. The number of likely N-dealkylation sites (tertiary alicyclic amines) is 1. The van der Waals surface area contributed by atoms with E-state index in [0.717, 1.165) is 36.7 Å². The Balaban J connectivity index is 1.59. The molecule has 6 heteroatoms. The van der Waals surface area contributed by atoms with E-state index in [0.29, 0.717) is 13.1 Å². The Kier molecular flexibility index (Phi) is 8.82. The highest BCUT2D eigenvalue weighted by Crippen LogP contribution is 2.35. The van der Waals surface area contributed by atoms with Gasteiger partial charge in [-0.05, 0) is 47.2 Å². The van der Waals surface area contributed by atoms with Crippen molar-refractivity contribution in [2.45, 2.75) is 26.3 Å². The standard InChI is InChI=1S/C31H37FN2O3/c1-22(2)17-34(31(35)28-12-8-9-13-30(28)32)20-25-19-33(21-29(25)24-10-6-5-7-11-24)18-23-14-26(36-3)16-27(15-23)37-4/h5-16,22,25,29H,17-21H2,1-4H3/t25-,29-/m1/s1. The number of hydrogen-bond donors (Lipinski definition) is 0. The lowest BCUT2D eigenvalue weighted by molar-refractivity contribution is 0.0698. The molecule has 196 valence electrons. The van der Waals surface area contributed by atoms with Crippen molar-refractivity contribution in [2.75, 3.05) is 40.4 Å². The molecule has 1 saturated heterocycles. The highest BCUT2D eigenvalue weighted by atomic mass is 19.1. The molecular weight excluding hydrogens is 467 g/mol. The number of rotatable bonds is 10. The monoisotopic (exact) mass is 504 g/mol. The first kappa shape index (κ1) is 26.7. The predicted molar refractivity (Wildman–Crippen MR) is 145 cm³/mol. The molecule has 0 N–H and O–H groups in total. The van der Waals surface area contributed by atoms with E-state index in [1.54, 1.807) is 32.4 Å². The summed E-state index contributed by atoms with van der Waals surface area (Å²) in [6.45, 7) is 7.79. The fraction of sp³-hybridized carbons (Fsp3) is 0.387. The third kappa shape index (κ3) is 6.69. The van der Waals surface area contributed by atoms with Gasteiger partial charge in [-0.2, -0.15) is 0 Å². The second-order valence-electron chi connectivity index (χ2n) is 10.3. The number of ether oxygens (including phenoxy) is 2. The first-order valence-electron chi connectivity index (χ1n) is 12.9. The lowest BCUT2D eigenvalue weighted by Crippen LogP contribution is -2.40. The van der Waals surface area contributed by atoms with Gasteiger partial charge in [-0.3, -0.25) is 9.69 Å². The molecule has 1 heterocycles. The van der Waals surface area contributed by atoms with E-state index in [1.165, 1.54) is 11.6 Å². The van der Waals surface area contributed by atoms with Crippen LogP contribution in [0.3, 0.4) is 0 Å². The van der Waals surface area contributed by atoms with Gasteiger partial charge in [-0.15, -0.1) is 0 Å². The average molecular weight is 505 g/mol. The van der Waals surface area contributed by atoms with Gasteiger partial charge in [-0.25, -0.2) is 4.39 Å². The molecule has 3 aromatic carbocycles. The molecule has 4 rings (SSSR count). The molecule has 37 heavy (non-hydrogen) atoms. The fourth-order valence-electron chi connectivity index (χ4n) is 5.34. The molecule has 0 aromatic heterocycles. The van der Waals surface area contributed by atoms with Gasteiger partial charge in [-0.1, -0.05) is 56.3 Å². The predicted octanol–water partition coefficient (Wildman–Crippen LogP) is 5.86. The maximum Gasteiger partial charge on any atom is 0.256 e. The van der Waals surface area contributed by atoms with E-state index in [4.69, 9.17) is 9.47 Å². The van der Waals surface area contributed by atoms with Crippen LogP contribution in [-0.4, -0.2) is 56.1 Å². The van der Waals surface area contributed by atoms with Gasteiger partial charge in [0.2, 0.25) is 0 Å². The van der Waals surface area contributed by atoms with Crippen LogP contribution in [0.15, 0.2) is 72.8 Å². The van der Waals surface area contributed by atoms with Gasteiger partial charge in [0.15, 0.2) is 0 Å². The SMILES string of the molecule is COc1cc(CN2C[C@H](CN(CC(C)C)C(=O)c3ccccc3F)[C@@H](c3ccccc3)C2)cc(OC)c1. The second-order valence-corrected chi connectivity index (χ2v) is 10.3. The minimum absolute atomic E-state index is 0.137. The van der Waals surface area contributed by atoms with E-state index in [-0.39, 0.29) is 29.2 Å². The summed E-state index contributed by atoms with van der Waals surface area (Å²) in [6, 6.07) is 22.7. The van der Waals surface area contributed by atoms with E-state index in [2.05, 4.69) is 43.0 Å². The molecule has 5 nitrogen and oxygen atoms in total. The van der Waals surface area contributed by atoms with Crippen molar-refractivity contribution in [1.82, 2.24) is 9.80 Å². The zero-order valence-electron chi connectivity index (χ0n) is 22.2. The lowest BCUT2D eigenvalue weighted by atomic mass is 9.88. The Morgan fingerprint density at radius 2 is 1.62 bits per heavy atom. The summed E-state index contributed by atoms with van der Waals surface area (Å²) in [6.07, 6.45) is 0. The Labute approximate surface area is 219 Å². The van der Waals surface area contributed by atoms with Gasteiger partial charge >= 0.3 is 0 Å². The van der Waals surface area contributed by atoms with Crippen molar-refractivity contribution >= 4 is 5.91 Å². The van der Waals surface area contributed by atoms with E-state index in [9.17, 15) is 9.18 Å². The van der Waals surface area contributed by atoms with E-state index < -0.39 is 5.82 Å². The number of halogens is 1. The zero-order chi connectivity index (χ0) is 26.4. The highest BCUT2D eigenvalue weighted by Gasteiger charge is 2.36. The third-order valence-electron chi connectivity index (χ3n) is 6.99. The van der Waals surface area contributed by atoms with Crippen LogP contribution in [0.4, 0.5) is 4.39 Å². The summed E-state index contributed by atoms with van der Waals surface area (Å²) in [5, 5.41) is 0. The van der Waals surface area contributed by atoms with Gasteiger partial charge < -0.3 is 14.4 Å². The second kappa shape index (κ2) is 12.2. The molecule has 1 aliphatic heterocycles. The quantitative estimate of drug-likeness (QED) is 0.347. The summed E-state index contributed by atoms with van der Waals surface area (Å²) in [7, 11) is 3.32. The molecule has 0 spiro atoms. The van der Waals surface area contributed by atoms with Crippen LogP contribution in [0.25, 0.3) is 0 Å². The van der Waals surface area contributed by atoms with Gasteiger partial charge in [0, 0.05) is 44.7 Å². The maximum atomic E-state index is 14.5. The van der Waals surface area contributed by atoms with Crippen molar-refractivity contribution < 1.29 is 18.7 Å². The molecule has 1 aliphatic rings. The molecule has 0 unspecified atom stereocenters. The Morgan fingerprint density at radius 3 is 2.24 bits per heavy atom. The Bertz CT molecular complexity index is 1160. The van der Waals surface area contributed by atoms with Crippen LogP contribution >= 0.6 is 0 Å². The molecule has 0 saturated carbocycles. The highest BCUT2D eigenvalue weighted by molar-refractivity contribution is 5.94. The Morgan fingerprint density at radius 1 is 0.973 bits per heavy atom. The summed E-state index contributed by atoms with van der Waals surface area (Å²) < 4.78 is 25.5. The van der Waals surface area contributed by atoms with Crippen LogP contribution in [0.1, 0.15) is 41.3 Å². The molecule has 0 radical (unpaired) electrons. The number of nitrogens with zero attached hydrogens (tertiary/aromatic N) is 2. The van der Waals surface area contributed by atoms with E-state index in [1.807, 2.05) is 29.2 Å². The van der Waals surface area contributed by atoms with Crippen molar-refractivity contribution in [3.8, 4) is 11.5 Å². The first-order valence-corrected chi connectivity index (χ1v) is 12.9. The number of methoxy groups -OCH3 is 2. The van der Waals surface area contributed by atoms with Gasteiger partial charge in [0.25, 0.3) is 5.91 Å². The van der Waals surface area contributed by atoms with Gasteiger partial charge in [0.1, 0.15) is 17.3 Å². The molecule has 2 atom stereocenters. The third-order valence-corrected chi connectivity index (χ3v) is 6.99. The number of benzene rings is 3. The van der Waals surface area contributed by atoms with Crippen molar-refractivity contribution in [1.29, 1.82) is 0 Å². The largest absolute Gasteiger partial charge is 0.497 e. The van der Waals surface area contributed by atoms with Crippen molar-refractivity contribution in [3.05, 3.63) is 95.3 Å². The first-order chi connectivity index (χ1) is 17.9. The smallest absolute Gasteiger partial charge is 0.256 e. The molecule has 3 aromatic rings. The summed E-state index contributed by atoms with van der Waals surface area (Å²) in [4.78, 5) is 17.8. The summed E-state index contributed by atoms with van der Waals surface area (Å²) in [5.74, 6) is 1.57. The minimum Gasteiger partial charge on any atom is -0.497 e. The van der Waals surface area contributed by atoms with Crippen LogP contribution in [0, 0.1) is 17.7 Å². The summed E-state index contributed by atoms with van der Waals surface area (Å²) >= 11 is 0. The number of amides is 1. The molecular formula is C31H37FN2O3. The summed E-state index contributed by atoms with van der Waals surface area (Å²) in [5.41, 5.74) is 2.52. The molecule has 1 amide bonds. The topological polar surface area (TPSA) is 42.0 Å². The van der Waals surface area contributed by atoms with Crippen LogP contribution in [0.2, 0.25) is 0 Å². The normalized spacial score (nSPS) is 17.7. The molecule has 0 bridgehead atoms. The number of carbonyl (C=O) groups is 1. The zero-order valence-corrected chi connectivity index (χ0v) is 22.2. The van der Waals surface area contributed by atoms with Crippen LogP contribution in [-0.2, 0) is 6.54 Å². The van der Waals surface area contributed by atoms with Crippen molar-refractivity contribution in [2.24, 2.45) is 11.8 Å². The van der Waals surface area contributed by atoms with Gasteiger partial charge in [0.05, 0.1) is 19.8 Å². The van der Waals surface area contributed by atoms with E-state index >= 15 is 0 Å². The molecule has 1 fully saturated rings. The fourth-order valence-corrected chi connectivity index (χ4v) is 5.34. The van der Waals surface area contributed by atoms with Crippen molar-refractivity contribution in [3.63, 3.8) is 0 Å².